The Hall–Kier alpha value is -0.810. The van der Waals surface area contributed by atoms with Gasteiger partial charge in [-0.3, -0.25) is 9.59 Å². The minimum absolute atomic E-state index is 0. The summed E-state index contributed by atoms with van der Waals surface area (Å²) in [6, 6.07) is 0.359. The molecule has 5 nitrogen and oxygen atoms in total. The first kappa shape index (κ1) is 18.2. The highest BCUT2D eigenvalue weighted by molar-refractivity contribution is 5.85. The van der Waals surface area contributed by atoms with E-state index in [2.05, 4.69) is 17.6 Å². The molecule has 0 bridgehead atoms. The molecule has 0 aromatic carbocycles. The van der Waals surface area contributed by atoms with E-state index in [0.29, 0.717) is 24.3 Å². The van der Waals surface area contributed by atoms with Gasteiger partial charge in [0.25, 0.3) is 0 Å². The maximum atomic E-state index is 12.2. The van der Waals surface area contributed by atoms with Crippen LogP contribution in [0.15, 0.2) is 0 Å². The lowest BCUT2D eigenvalue weighted by molar-refractivity contribution is -0.135. The molecule has 0 aromatic rings. The van der Waals surface area contributed by atoms with Gasteiger partial charge in [0.15, 0.2) is 0 Å². The van der Waals surface area contributed by atoms with Gasteiger partial charge in [0, 0.05) is 19.5 Å². The van der Waals surface area contributed by atoms with Crippen molar-refractivity contribution in [1.82, 2.24) is 15.5 Å². The summed E-state index contributed by atoms with van der Waals surface area (Å²) < 4.78 is 0. The minimum Gasteiger partial charge on any atom is -0.352 e. The summed E-state index contributed by atoms with van der Waals surface area (Å²) in [7, 11) is 1.72. The quantitative estimate of drug-likeness (QED) is 0.773. The molecule has 2 fully saturated rings. The zero-order valence-electron chi connectivity index (χ0n) is 13.1. The van der Waals surface area contributed by atoms with E-state index in [-0.39, 0.29) is 30.8 Å². The van der Waals surface area contributed by atoms with E-state index in [1.807, 2.05) is 0 Å². The molecule has 1 saturated carbocycles. The van der Waals surface area contributed by atoms with Crippen molar-refractivity contribution in [1.29, 1.82) is 0 Å². The zero-order chi connectivity index (χ0) is 14.5. The Bertz CT molecular complexity index is 355. The Morgan fingerprint density at radius 2 is 2.05 bits per heavy atom. The summed E-state index contributed by atoms with van der Waals surface area (Å²) in [5.74, 6) is 1.01. The summed E-state index contributed by atoms with van der Waals surface area (Å²) in [5, 5.41) is 6.30. The van der Waals surface area contributed by atoms with Crippen LogP contribution in [0.25, 0.3) is 0 Å². The Kier molecular flexibility index (Phi) is 7.46. The van der Waals surface area contributed by atoms with Crippen LogP contribution < -0.4 is 10.6 Å². The number of nitrogens with zero attached hydrogens (tertiary/aromatic N) is 1. The average molecular weight is 318 g/mol. The Labute approximate surface area is 133 Å². The molecule has 2 aliphatic rings. The number of halogens is 1. The second-order valence-electron chi connectivity index (χ2n) is 6.38. The highest BCUT2D eigenvalue weighted by Gasteiger charge is 2.26. The highest BCUT2D eigenvalue weighted by Crippen LogP contribution is 2.23. The number of likely N-dealkylation sites (N-methyl/N-ethyl adjacent to an activating group) is 1. The predicted octanol–water partition coefficient (Wildman–Crippen LogP) is 1.17. The number of hydrogen-bond acceptors (Lipinski definition) is 3. The predicted molar refractivity (Wildman–Crippen MR) is 85.4 cm³/mol. The summed E-state index contributed by atoms with van der Waals surface area (Å²) in [6.45, 7) is 4.44. The standard InChI is InChI=1S/C15H27N3O2.ClH/c1-11(12-4-3-7-16-9-12)8-15(20)18(2)10-14(19)17-13-5-6-13;/h11-13,16H,3-10H2,1-2H3,(H,17,19);1H. The van der Waals surface area contributed by atoms with E-state index in [4.69, 9.17) is 0 Å². The van der Waals surface area contributed by atoms with Gasteiger partial charge >= 0.3 is 0 Å². The Morgan fingerprint density at radius 3 is 2.62 bits per heavy atom. The first-order chi connectivity index (χ1) is 9.56. The summed E-state index contributed by atoms with van der Waals surface area (Å²) >= 11 is 0. The van der Waals surface area contributed by atoms with Gasteiger partial charge in [-0.2, -0.15) is 0 Å². The number of carbonyl (C=O) groups is 2. The van der Waals surface area contributed by atoms with Crippen LogP contribution in [-0.2, 0) is 9.59 Å². The average Bonchev–Trinajstić information content (AvgIpc) is 3.23. The third kappa shape index (κ3) is 6.22. The molecule has 21 heavy (non-hydrogen) atoms. The molecular weight excluding hydrogens is 290 g/mol. The van der Waals surface area contributed by atoms with Crippen molar-refractivity contribution in [2.45, 2.75) is 45.1 Å². The molecule has 0 spiro atoms. The van der Waals surface area contributed by atoms with Gasteiger partial charge in [-0.25, -0.2) is 0 Å². The molecule has 6 heteroatoms. The minimum atomic E-state index is -0.0321. The second-order valence-corrected chi connectivity index (χ2v) is 6.38. The molecule has 1 saturated heterocycles. The molecule has 2 rings (SSSR count). The SMILES string of the molecule is CC(CC(=O)N(C)CC(=O)NC1CC1)C1CCCNC1.Cl. The molecule has 0 aromatic heterocycles. The van der Waals surface area contributed by atoms with Crippen molar-refractivity contribution in [3.8, 4) is 0 Å². The van der Waals surface area contributed by atoms with E-state index in [9.17, 15) is 9.59 Å². The monoisotopic (exact) mass is 317 g/mol. The van der Waals surface area contributed by atoms with E-state index < -0.39 is 0 Å². The van der Waals surface area contributed by atoms with E-state index in [1.54, 1.807) is 11.9 Å². The lowest BCUT2D eigenvalue weighted by Gasteiger charge is -2.29. The van der Waals surface area contributed by atoms with Crippen LogP contribution in [0.5, 0.6) is 0 Å². The number of carbonyl (C=O) groups excluding carboxylic acids is 2. The normalized spacial score (nSPS) is 22.9. The van der Waals surface area contributed by atoms with Crippen LogP contribution in [0, 0.1) is 11.8 Å². The van der Waals surface area contributed by atoms with Crippen LogP contribution in [0.2, 0.25) is 0 Å². The van der Waals surface area contributed by atoms with Gasteiger partial charge in [-0.15, -0.1) is 12.4 Å². The van der Waals surface area contributed by atoms with Gasteiger partial charge in [-0.05, 0) is 50.6 Å². The smallest absolute Gasteiger partial charge is 0.239 e. The van der Waals surface area contributed by atoms with Crippen molar-refractivity contribution in [3.63, 3.8) is 0 Å². The third-order valence-electron chi connectivity index (χ3n) is 4.39. The van der Waals surface area contributed by atoms with Gasteiger partial charge in [0.1, 0.15) is 0 Å². The van der Waals surface area contributed by atoms with E-state index >= 15 is 0 Å². The molecule has 2 unspecified atom stereocenters. The molecule has 2 amide bonds. The van der Waals surface area contributed by atoms with Crippen molar-refractivity contribution in [2.24, 2.45) is 11.8 Å². The number of nitrogens with one attached hydrogen (secondary N) is 2. The number of rotatable bonds is 6. The molecule has 122 valence electrons. The summed E-state index contributed by atoms with van der Waals surface area (Å²) in [4.78, 5) is 25.4. The van der Waals surface area contributed by atoms with Crippen LogP contribution in [0.1, 0.15) is 39.0 Å². The molecule has 1 heterocycles. The molecule has 2 N–H and O–H groups in total. The number of hydrogen-bond donors (Lipinski definition) is 2. The Balaban J connectivity index is 0.00000220. The Morgan fingerprint density at radius 1 is 1.33 bits per heavy atom. The highest BCUT2D eigenvalue weighted by atomic mass is 35.5. The zero-order valence-corrected chi connectivity index (χ0v) is 13.9. The van der Waals surface area contributed by atoms with Crippen LogP contribution in [0.3, 0.4) is 0 Å². The van der Waals surface area contributed by atoms with Gasteiger partial charge in [-0.1, -0.05) is 6.92 Å². The van der Waals surface area contributed by atoms with Gasteiger partial charge < -0.3 is 15.5 Å². The molecular formula is C15H28ClN3O2. The maximum Gasteiger partial charge on any atom is 0.239 e. The van der Waals surface area contributed by atoms with E-state index in [0.717, 1.165) is 25.9 Å². The largest absolute Gasteiger partial charge is 0.352 e. The number of amides is 2. The van der Waals surface area contributed by atoms with Crippen molar-refractivity contribution in [3.05, 3.63) is 0 Å². The molecule has 1 aliphatic carbocycles. The summed E-state index contributed by atoms with van der Waals surface area (Å²) in [5.41, 5.74) is 0. The first-order valence-corrected chi connectivity index (χ1v) is 7.80. The summed E-state index contributed by atoms with van der Waals surface area (Å²) in [6.07, 6.45) is 5.10. The second kappa shape index (κ2) is 8.59. The van der Waals surface area contributed by atoms with Crippen LogP contribution in [-0.4, -0.2) is 49.4 Å². The van der Waals surface area contributed by atoms with Gasteiger partial charge in [0.2, 0.25) is 11.8 Å². The molecule has 2 atom stereocenters. The van der Waals surface area contributed by atoms with Crippen molar-refractivity contribution >= 4 is 24.2 Å². The fourth-order valence-electron chi connectivity index (χ4n) is 2.77. The third-order valence-corrected chi connectivity index (χ3v) is 4.39. The van der Waals surface area contributed by atoms with Crippen molar-refractivity contribution < 1.29 is 9.59 Å². The van der Waals surface area contributed by atoms with E-state index in [1.165, 1.54) is 12.8 Å². The fraction of sp³-hybridized carbons (Fsp3) is 0.867. The maximum absolute atomic E-state index is 12.2. The lowest BCUT2D eigenvalue weighted by atomic mass is 9.85. The first-order valence-electron chi connectivity index (χ1n) is 7.80. The molecule has 1 aliphatic heterocycles. The van der Waals surface area contributed by atoms with Crippen molar-refractivity contribution in [2.75, 3.05) is 26.7 Å². The van der Waals surface area contributed by atoms with Gasteiger partial charge in [0.05, 0.1) is 6.54 Å². The van der Waals surface area contributed by atoms with Crippen LogP contribution >= 0.6 is 12.4 Å². The van der Waals surface area contributed by atoms with Crippen LogP contribution in [0.4, 0.5) is 0 Å². The topological polar surface area (TPSA) is 61.4 Å². The fourth-order valence-corrected chi connectivity index (χ4v) is 2.77. The lowest BCUT2D eigenvalue weighted by Crippen LogP contribution is -2.40. The molecule has 0 radical (unpaired) electrons. The number of piperidine rings is 1.